The molecule has 2 aromatic rings. The number of para-hydroxylation sites is 1. The van der Waals surface area contributed by atoms with Gasteiger partial charge in [-0.2, -0.15) is 5.48 Å². The molecule has 0 aliphatic rings. The molecule has 1 heterocycles. The van der Waals surface area contributed by atoms with Gasteiger partial charge in [-0.25, -0.2) is 4.79 Å². The van der Waals surface area contributed by atoms with Gasteiger partial charge in [0.1, 0.15) is 5.94 Å². The molecule has 0 amide bonds. The number of aromatic nitrogens is 1. The second kappa shape index (κ2) is 18.5. The molecule has 0 aliphatic carbocycles. The molecule has 1 aromatic heterocycles. The Kier molecular flexibility index (Phi) is 18.4. The van der Waals surface area contributed by atoms with Crippen LogP contribution in [0.3, 0.4) is 0 Å². The van der Waals surface area contributed by atoms with E-state index in [1.165, 1.54) is 16.9 Å². The summed E-state index contributed by atoms with van der Waals surface area (Å²) in [7, 11) is 1.63. The topological polar surface area (TPSA) is 71.5 Å². The normalized spacial score (nSPS) is 11.2. The lowest BCUT2D eigenvalue weighted by atomic mass is 10.1. The van der Waals surface area contributed by atoms with Gasteiger partial charge in [-0.1, -0.05) is 38.1 Å². The third kappa shape index (κ3) is 12.7. The Hall–Kier alpha value is -2.30. The Balaban J connectivity index is 0. The molecule has 2 unspecified atom stereocenters. The number of nitrogens with zero attached hydrogens (tertiary/aromatic N) is 1. The molecule has 5 nitrogen and oxygen atoms in total. The number of methoxy groups -OCH3 is 1. The lowest BCUT2D eigenvalue weighted by Crippen LogP contribution is -2.36. The van der Waals surface area contributed by atoms with Crippen molar-refractivity contribution in [2.45, 2.75) is 52.7 Å². The average Bonchev–Trinajstić information content (AvgIpc) is 2.70. The van der Waals surface area contributed by atoms with Crippen molar-refractivity contribution in [1.82, 2.24) is 10.5 Å². The Morgan fingerprint density at radius 2 is 1.93 bits per heavy atom. The maximum atomic E-state index is 8.57. The molecular weight excluding hydrogens is 340 g/mol. The van der Waals surface area contributed by atoms with Crippen LogP contribution in [0, 0.1) is 0 Å². The lowest BCUT2D eigenvalue weighted by Gasteiger charge is -2.18. The fourth-order valence-electron chi connectivity index (χ4n) is 2.00. The van der Waals surface area contributed by atoms with Crippen molar-refractivity contribution in [3.05, 3.63) is 61.3 Å². The molecule has 0 saturated carbocycles. The number of hydrogen-bond acceptors (Lipinski definition) is 5. The zero-order valence-corrected chi connectivity index (χ0v) is 17.2. The van der Waals surface area contributed by atoms with E-state index in [4.69, 9.17) is 14.7 Å². The molecule has 2 atom stereocenters. The summed E-state index contributed by atoms with van der Waals surface area (Å²) < 4.78 is 4.97. The van der Waals surface area contributed by atoms with Crippen LogP contribution in [0.5, 0.6) is 0 Å². The zero-order chi connectivity index (χ0) is 21.1. The molecule has 0 fully saturated rings. The first-order valence-corrected chi connectivity index (χ1v) is 8.96. The number of carbonyl (C=O) groups excluding carboxylic acids is 1. The van der Waals surface area contributed by atoms with E-state index in [1.807, 2.05) is 45.2 Å². The quantitative estimate of drug-likeness (QED) is 0.448. The fourth-order valence-corrected chi connectivity index (χ4v) is 2.00. The predicted octanol–water partition coefficient (Wildman–Crippen LogP) is 4.77. The van der Waals surface area contributed by atoms with Gasteiger partial charge in [-0.05, 0) is 51.0 Å². The highest BCUT2D eigenvalue weighted by Crippen LogP contribution is 2.12. The van der Waals surface area contributed by atoms with E-state index in [2.05, 4.69) is 42.7 Å². The van der Waals surface area contributed by atoms with Gasteiger partial charge >= 0.3 is 0 Å². The van der Waals surface area contributed by atoms with Crippen molar-refractivity contribution in [2.24, 2.45) is 0 Å². The Morgan fingerprint density at radius 3 is 2.33 bits per heavy atom. The van der Waals surface area contributed by atoms with E-state index in [-0.39, 0.29) is 12.1 Å². The van der Waals surface area contributed by atoms with Crippen LogP contribution >= 0.6 is 0 Å². The Labute approximate surface area is 163 Å². The molecule has 150 valence electrons. The van der Waals surface area contributed by atoms with Crippen LogP contribution in [0.15, 0.2) is 55.8 Å². The lowest BCUT2D eigenvalue weighted by molar-refractivity contribution is 0.0199. The molecule has 5 heteroatoms. The van der Waals surface area contributed by atoms with E-state index >= 15 is 0 Å². The van der Waals surface area contributed by atoms with Gasteiger partial charge in [0.25, 0.3) is 0 Å². The number of fused-ring (bicyclic) bond motifs is 1. The first-order valence-electron chi connectivity index (χ1n) is 8.96. The minimum Gasteiger partial charge on any atom is -0.380 e. The van der Waals surface area contributed by atoms with Crippen molar-refractivity contribution >= 4 is 16.8 Å². The third-order valence-corrected chi connectivity index (χ3v) is 3.60. The maximum absolute atomic E-state index is 8.57. The number of ether oxygens (including phenoxy) is 1. The van der Waals surface area contributed by atoms with E-state index < -0.39 is 0 Å². The van der Waals surface area contributed by atoms with Crippen LogP contribution in [0.1, 0.15) is 39.7 Å². The van der Waals surface area contributed by atoms with E-state index in [0.29, 0.717) is 0 Å². The number of hydrogen-bond donors (Lipinski definition) is 2. The van der Waals surface area contributed by atoms with Crippen LogP contribution in [0.2, 0.25) is 0 Å². The highest BCUT2D eigenvalue weighted by atomic mass is 16.5. The molecule has 0 spiro atoms. The summed E-state index contributed by atoms with van der Waals surface area (Å²) in [5.74, 6) is 1.25. The number of benzene rings is 1. The zero-order valence-electron chi connectivity index (χ0n) is 17.2. The molecular formula is C22H34N2O3. The smallest absolute Gasteiger partial charge is 0.116 e. The second-order valence-electron chi connectivity index (χ2n) is 5.53. The summed E-state index contributed by atoms with van der Waals surface area (Å²) >= 11 is 0. The van der Waals surface area contributed by atoms with Crippen LogP contribution < -0.4 is 5.48 Å². The number of rotatable bonds is 5. The molecule has 27 heavy (non-hydrogen) atoms. The van der Waals surface area contributed by atoms with Crippen molar-refractivity contribution < 1.29 is 14.7 Å². The maximum Gasteiger partial charge on any atom is 0.116 e. The first kappa shape index (κ1) is 26.9. The summed E-state index contributed by atoms with van der Waals surface area (Å²) in [4.78, 5) is 12.9. The van der Waals surface area contributed by atoms with Gasteiger partial charge < -0.3 is 9.94 Å². The van der Waals surface area contributed by atoms with Gasteiger partial charge in [0.2, 0.25) is 0 Å². The summed E-state index contributed by atoms with van der Waals surface area (Å²) in [6.45, 7) is 14.0. The van der Waals surface area contributed by atoms with Gasteiger partial charge in [0, 0.05) is 18.7 Å². The molecule has 0 saturated heterocycles. The SMILES string of the molecule is C=C=O.C=CC.CCC(NO)C(C)OC.CCc1cnc2ccccc2c1. The van der Waals surface area contributed by atoms with Crippen molar-refractivity contribution in [3.8, 4) is 0 Å². The van der Waals surface area contributed by atoms with E-state index in [0.717, 1.165) is 18.4 Å². The molecule has 1 aromatic carbocycles. The van der Waals surface area contributed by atoms with E-state index in [1.54, 1.807) is 13.2 Å². The summed E-state index contributed by atoms with van der Waals surface area (Å²) in [6.07, 6.45) is 5.69. The summed E-state index contributed by atoms with van der Waals surface area (Å²) in [6, 6.07) is 10.4. The fraction of sp³-hybridized carbons (Fsp3) is 0.409. The third-order valence-electron chi connectivity index (χ3n) is 3.60. The summed E-state index contributed by atoms with van der Waals surface area (Å²) in [5.41, 5.74) is 4.56. The Bertz CT molecular complexity index is 649. The number of allylic oxidation sites excluding steroid dienone is 1. The highest BCUT2D eigenvalue weighted by molar-refractivity contribution is 5.78. The number of pyridine rings is 1. The highest BCUT2D eigenvalue weighted by Gasteiger charge is 2.11. The van der Waals surface area contributed by atoms with Crippen LogP contribution in [-0.2, 0) is 16.0 Å². The first-order chi connectivity index (χ1) is 13.0. The number of nitrogens with one attached hydrogen (secondary N) is 1. The van der Waals surface area contributed by atoms with Crippen molar-refractivity contribution in [2.75, 3.05) is 7.11 Å². The minimum atomic E-state index is 0.0509. The van der Waals surface area contributed by atoms with Crippen LogP contribution in [-0.4, -0.2) is 35.4 Å². The number of aryl methyl sites for hydroxylation is 1. The summed E-state index contributed by atoms with van der Waals surface area (Å²) in [5, 5.41) is 9.73. The van der Waals surface area contributed by atoms with Crippen molar-refractivity contribution in [1.29, 1.82) is 0 Å². The largest absolute Gasteiger partial charge is 0.380 e. The second-order valence-corrected chi connectivity index (χ2v) is 5.53. The molecule has 0 radical (unpaired) electrons. The van der Waals surface area contributed by atoms with Crippen molar-refractivity contribution in [3.63, 3.8) is 0 Å². The van der Waals surface area contributed by atoms with Crippen LogP contribution in [0.25, 0.3) is 10.9 Å². The van der Waals surface area contributed by atoms with Gasteiger partial charge in [0.15, 0.2) is 0 Å². The van der Waals surface area contributed by atoms with E-state index in [9.17, 15) is 0 Å². The number of hydroxylamine groups is 1. The monoisotopic (exact) mass is 374 g/mol. The average molecular weight is 375 g/mol. The standard InChI is InChI=1S/C11H11N.C6H15NO2.C3H6.C2H2O/c1-2-9-7-10-5-3-4-6-11(10)12-8-9;1-4-6(7-8)5(2)9-3;1-3-2;1-2-3/h3-8H,2H2,1H3;5-8H,4H2,1-3H3;3H,1H2,2H3;1H2. The Morgan fingerprint density at radius 1 is 1.37 bits per heavy atom. The predicted molar refractivity (Wildman–Crippen MR) is 114 cm³/mol. The van der Waals surface area contributed by atoms with Gasteiger partial charge in [0.05, 0.1) is 17.7 Å². The molecule has 0 aliphatic heterocycles. The molecule has 0 bridgehead atoms. The van der Waals surface area contributed by atoms with Crippen LogP contribution in [0.4, 0.5) is 0 Å². The minimum absolute atomic E-state index is 0.0509. The van der Waals surface area contributed by atoms with Gasteiger partial charge in [-0.3, -0.25) is 4.98 Å². The molecule has 2 rings (SSSR count). The van der Waals surface area contributed by atoms with Gasteiger partial charge in [-0.15, -0.1) is 6.58 Å². The molecule has 2 N–H and O–H groups in total.